The van der Waals surface area contributed by atoms with Gasteiger partial charge in [0.1, 0.15) is 0 Å². The second kappa shape index (κ2) is 4.02. The molecule has 1 aromatic rings. The lowest BCUT2D eigenvalue weighted by atomic mass is 9.93. The van der Waals surface area contributed by atoms with E-state index in [1.165, 1.54) is 0 Å². The third kappa shape index (κ3) is 2.08. The fraction of sp³-hybridized carbons (Fsp3) is 0.300. The monoisotopic (exact) mass is 211 g/mol. The van der Waals surface area contributed by atoms with E-state index in [2.05, 4.69) is 12.6 Å². The number of hydrogen-bond donors (Lipinski definition) is 3. The number of carboxylic acid groups (broad SMARTS) is 1. The molecule has 1 rings (SSSR count). The molecule has 2 atom stereocenters. The number of thiol groups is 1. The van der Waals surface area contributed by atoms with E-state index in [4.69, 9.17) is 10.8 Å². The predicted molar refractivity (Wildman–Crippen MR) is 58.4 cm³/mol. The average molecular weight is 211 g/mol. The quantitative estimate of drug-likeness (QED) is 0.524. The number of rotatable bonds is 3. The second-order valence-electron chi connectivity index (χ2n) is 3.26. The summed E-state index contributed by atoms with van der Waals surface area (Å²) >= 11 is 3.97. The van der Waals surface area contributed by atoms with Crippen molar-refractivity contribution in [1.82, 2.24) is 0 Å². The third-order valence-electron chi connectivity index (χ3n) is 2.30. The van der Waals surface area contributed by atoms with Crippen molar-refractivity contribution >= 4 is 18.6 Å². The standard InChI is InChI=1S/C10H13NO2S/c1-7(10(11,14)9(12)13)8-5-3-2-4-6-8/h2-7,14H,11H2,1H3,(H,12,13). The number of nitrogens with two attached hydrogens (primary N) is 1. The lowest BCUT2D eigenvalue weighted by Gasteiger charge is -2.26. The Bertz CT molecular complexity index is 324. The molecular weight excluding hydrogens is 198 g/mol. The molecule has 3 N–H and O–H groups in total. The lowest BCUT2D eigenvalue weighted by Crippen LogP contribution is -2.46. The van der Waals surface area contributed by atoms with E-state index in [-0.39, 0.29) is 5.92 Å². The van der Waals surface area contributed by atoms with Crippen molar-refractivity contribution < 1.29 is 9.90 Å². The first-order chi connectivity index (χ1) is 6.46. The summed E-state index contributed by atoms with van der Waals surface area (Å²) in [7, 11) is 0. The van der Waals surface area contributed by atoms with Crippen molar-refractivity contribution in [3.63, 3.8) is 0 Å². The highest BCUT2D eigenvalue weighted by Gasteiger charge is 2.36. The third-order valence-corrected chi connectivity index (χ3v) is 2.88. The van der Waals surface area contributed by atoms with Gasteiger partial charge in [0, 0.05) is 5.92 Å². The Morgan fingerprint density at radius 2 is 2.00 bits per heavy atom. The van der Waals surface area contributed by atoms with Crippen LogP contribution >= 0.6 is 12.6 Å². The van der Waals surface area contributed by atoms with Crippen molar-refractivity contribution in [1.29, 1.82) is 0 Å². The summed E-state index contributed by atoms with van der Waals surface area (Å²) in [6, 6.07) is 9.24. The second-order valence-corrected chi connectivity index (χ2v) is 4.00. The highest BCUT2D eigenvalue weighted by molar-refractivity contribution is 7.82. The smallest absolute Gasteiger partial charge is 0.334 e. The number of hydrogen-bond acceptors (Lipinski definition) is 3. The summed E-state index contributed by atoms with van der Waals surface area (Å²) in [5.74, 6) is -1.46. The van der Waals surface area contributed by atoms with Crippen LogP contribution < -0.4 is 5.73 Å². The Morgan fingerprint density at radius 1 is 1.50 bits per heavy atom. The molecule has 14 heavy (non-hydrogen) atoms. The van der Waals surface area contributed by atoms with E-state index in [0.717, 1.165) is 5.56 Å². The predicted octanol–water partition coefficient (Wildman–Crippen LogP) is 1.46. The number of aliphatic carboxylic acids is 1. The minimum absolute atomic E-state index is 0.343. The van der Waals surface area contributed by atoms with Crippen molar-refractivity contribution in [2.24, 2.45) is 5.73 Å². The molecule has 0 fully saturated rings. The van der Waals surface area contributed by atoms with Crippen LogP contribution in [0.15, 0.2) is 30.3 Å². The fourth-order valence-corrected chi connectivity index (χ4v) is 1.33. The summed E-state index contributed by atoms with van der Waals surface area (Å²) in [5, 5.41) is 8.87. The van der Waals surface area contributed by atoms with Crippen LogP contribution in [0, 0.1) is 0 Å². The zero-order valence-electron chi connectivity index (χ0n) is 7.84. The number of carboxylic acids is 1. The zero-order chi connectivity index (χ0) is 10.8. The topological polar surface area (TPSA) is 63.3 Å². The van der Waals surface area contributed by atoms with Gasteiger partial charge in [-0.3, -0.25) is 0 Å². The van der Waals surface area contributed by atoms with Gasteiger partial charge in [0.25, 0.3) is 0 Å². The molecule has 0 bridgehead atoms. The Hall–Kier alpha value is -1.00. The molecular formula is C10H13NO2S. The van der Waals surface area contributed by atoms with Gasteiger partial charge in [-0.1, -0.05) is 37.3 Å². The first-order valence-corrected chi connectivity index (χ1v) is 4.70. The molecule has 0 aliphatic rings. The van der Waals surface area contributed by atoms with E-state index in [0.29, 0.717) is 0 Å². The van der Waals surface area contributed by atoms with E-state index in [9.17, 15) is 4.79 Å². The molecule has 2 unspecified atom stereocenters. The van der Waals surface area contributed by atoms with Gasteiger partial charge in [-0.2, -0.15) is 0 Å². The summed E-state index contributed by atoms with van der Waals surface area (Å²) in [6.07, 6.45) is 0. The molecule has 3 nitrogen and oxygen atoms in total. The van der Waals surface area contributed by atoms with E-state index >= 15 is 0 Å². The van der Waals surface area contributed by atoms with Gasteiger partial charge in [0.05, 0.1) is 0 Å². The molecule has 0 saturated heterocycles. The largest absolute Gasteiger partial charge is 0.479 e. The van der Waals surface area contributed by atoms with Gasteiger partial charge < -0.3 is 10.8 Å². The first-order valence-electron chi connectivity index (χ1n) is 4.26. The van der Waals surface area contributed by atoms with Crippen LogP contribution in [-0.2, 0) is 4.79 Å². The zero-order valence-corrected chi connectivity index (χ0v) is 8.74. The SMILES string of the molecule is CC(c1ccccc1)C(N)(S)C(=O)O. The fourth-order valence-electron chi connectivity index (χ4n) is 1.18. The van der Waals surface area contributed by atoms with Gasteiger partial charge in [-0.25, -0.2) is 4.79 Å². The summed E-state index contributed by atoms with van der Waals surface area (Å²) in [4.78, 5) is 9.31. The molecule has 0 spiro atoms. The van der Waals surface area contributed by atoms with Crippen LogP contribution in [0.4, 0.5) is 0 Å². The van der Waals surface area contributed by atoms with Crippen LogP contribution in [0.2, 0.25) is 0 Å². The number of benzene rings is 1. The molecule has 76 valence electrons. The molecule has 0 aliphatic carbocycles. The van der Waals surface area contributed by atoms with Crippen molar-refractivity contribution in [3.05, 3.63) is 35.9 Å². The van der Waals surface area contributed by atoms with Gasteiger partial charge in [-0.15, -0.1) is 12.6 Å². The Morgan fingerprint density at radius 3 is 2.43 bits per heavy atom. The summed E-state index contributed by atoms with van der Waals surface area (Å²) in [5.41, 5.74) is 6.47. The Balaban J connectivity index is 2.96. The maximum atomic E-state index is 10.8. The molecule has 1 aromatic carbocycles. The molecule has 0 aliphatic heterocycles. The minimum Gasteiger partial charge on any atom is -0.479 e. The maximum Gasteiger partial charge on any atom is 0.334 e. The van der Waals surface area contributed by atoms with E-state index < -0.39 is 10.8 Å². The maximum absolute atomic E-state index is 10.8. The summed E-state index contributed by atoms with van der Waals surface area (Å²) in [6.45, 7) is 1.75. The minimum atomic E-state index is -1.53. The van der Waals surface area contributed by atoms with E-state index in [1.54, 1.807) is 6.92 Å². The molecule has 0 radical (unpaired) electrons. The van der Waals surface area contributed by atoms with E-state index in [1.807, 2.05) is 30.3 Å². The van der Waals surface area contributed by atoms with Gasteiger partial charge in [0.2, 0.25) is 0 Å². The molecule has 4 heteroatoms. The van der Waals surface area contributed by atoms with Crippen LogP contribution in [-0.4, -0.2) is 15.9 Å². The molecule has 0 heterocycles. The Kier molecular flexibility index (Phi) is 3.18. The van der Waals surface area contributed by atoms with Crippen LogP contribution in [0.5, 0.6) is 0 Å². The highest BCUT2D eigenvalue weighted by atomic mass is 32.1. The van der Waals surface area contributed by atoms with Gasteiger partial charge in [-0.05, 0) is 5.56 Å². The van der Waals surface area contributed by atoms with Gasteiger partial charge in [0.15, 0.2) is 4.87 Å². The van der Waals surface area contributed by atoms with Crippen molar-refractivity contribution in [3.8, 4) is 0 Å². The molecule has 0 aromatic heterocycles. The highest BCUT2D eigenvalue weighted by Crippen LogP contribution is 2.28. The lowest BCUT2D eigenvalue weighted by molar-refractivity contribution is -0.140. The average Bonchev–Trinajstić information content (AvgIpc) is 2.17. The van der Waals surface area contributed by atoms with Crippen molar-refractivity contribution in [2.45, 2.75) is 17.7 Å². The molecule has 0 saturated carbocycles. The van der Waals surface area contributed by atoms with Crippen molar-refractivity contribution in [2.75, 3.05) is 0 Å². The first kappa shape index (κ1) is 11.1. The van der Waals surface area contributed by atoms with Crippen LogP contribution in [0.1, 0.15) is 18.4 Å². The van der Waals surface area contributed by atoms with Crippen LogP contribution in [0.25, 0.3) is 0 Å². The Labute approximate surface area is 88.3 Å². The summed E-state index contributed by atoms with van der Waals surface area (Å²) < 4.78 is 0. The van der Waals surface area contributed by atoms with Crippen LogP contribution in [0.3, 0.4) is 0 Å². The molecule has 0 amide bonds. The number of carbonyl (C=O) groups is 1. The normalized spacial score (nSPS) is 17.1. The van der Waals surface area contributed by atoms with Gasteiger partial charge >= 0.3 is 5.97 Å².